The van der Waals surface area contributed by atoms with Crippen LogP contribution < -0.4 is 20.4 Å². The van der Waals surface area contributed by atoms with Gasteiger partial charge in [-0.2, -0.15) is 9.97 Å². The molecule has 2 fully saturated rings. The molecule has 2 aliphatic rings. The fourth-order valence-corrected chi connectivity index (χ4v) is 4.77. The first-order chi connectivity index (χ1) is 15.5. The molecule has 0 bridgehead atoms. The highest BCUT2D eigenvalue weighted by molar-refractivity contribution is 7.80. The standard InChI is InChI=1S/C23H31ClN6OS/c1-16-11-17(2)15-30(14-16)21-12-20(29-7-9-31-10-8-29)26-22(27-21)28-23(32)25-13-18-5-3-4-6-19(18)24/h3-6,12,16-17H,7-11,13-15H2,1-2H3,(H2,25,26,27,28,32). The number of aromatic nitrogens is 2. The summed E-state index contributed by atoms with van der Waals surface area (Å²) in [5.41, 5.74) is 0.985. The number of nitrogens with zero attached hydrogens (tertiary/aromatic N) is 4. The van der Waals surface area contributed by atoms with Crippen LogP contribution in [0.15, 0.2) is 30.3 Å². The molecule has 172 valence electrons. The minimum Gasteiger partial charge on any atom is -0.378 e. The molecule has 0 spiro atoms. The Morgan fingerprint density at radius 1 is 1.09 bits per heavy atom. The highest BCUT2D eigenvalue weighted by atomic mass is 35.5. The molecular formula is C23H31ClN6OS. The van der Waals surface area contributed by atoms with E-state index >= 15 is 0 Å². The maximum atomic E-state index is 6.26. The number of nitrogens with one attached hydrogen (secondary N) is 2. The molecule has 4 rings (SSSR count). The molecule has 9 heteroatoms. The third kappa shape index (κ3) is 5.99. The van der Waals surface area contributed by atoms with E-state index in [1.165, 1.54) is 6.42 Å². The summed E-state index contributed by atoms with van der Waals surface area (Å²) >= 11 is 11.8. The Morgan fingerprint density at radius 2 is 1.75 bits per heavy atom. The van der Waals surface area contributed by atoms with Gasteiger partial charge in [-0.15, -0.1) is 0 Å². The van der Waals surface area contributed by atoms with Crippen molar-refractivity contribution in [1.29, 1.82) is 0 Å². The molecule has 1 aromatic heterocycles. The molecule has 0 amide bonds. The van der Waals surface area contributed by atoms with E-state index in [2.05, 4.69) is 40.3 Å². The molecule has 2 saturated heterocycles. The van der Waals surface area contributed by atoms with Crippen molar-refractivity contribution in [3.8, 4) is 0 Å². The number of benzene rings is 1. The highest BCUT2D eigenvalue weighted by Gasteiger charge is 2.25. The van der Waals surface area contributed by atoms with Gasteiger partial charge in [0.1, 0.15) is 11.6 Å². The summed E-state index contributed by atoms with van der Waals surface area (Å²) in [5, 5.41) is 7.57. The topological polar surface area (TPSA) is 65.6 Å². The molecule has 32 heavy (non-hydrogen) atoms. The van der Waals surface area contributed by atoms with Crippen LogP contribution in [0, 0.1) is 11.8 Å². The van der Waals surface area contributed by atoms with Crippen molar-refractivity contribution in [3.05, 3.63) is 40.9 Å². The lowest BCUT2D eigenvalue weighted by Crippen LogP contribution is -2.40. The van der Waals surface area contributed by atoms with Crippen LogP contribution in [0.3, 0.4) is 0 Å². The van der Waals surface area contributed by atoms with E-state index in [9.17, 15) is 0 Å². The number of piperidine rings is 1. The fourth-order valence-electron chi connectivity index (χ4n) is 4.41. The van der Waals surface area contributed by atoms with Gasteiger partial charge in [-0.3, -0.25) is 0 Å². The summed E-state index contributed by atoms with van der Waals surface area (Å²) in [7, 11) is 0. The quantitative estimate of drug-likeness (QED) is 0.632. The predicted molar refractivity (Wildman–Crippen MR) is 135 cm³/mol. The Balaban J connectivity index is 1.51. The molecule has 1 aromatic carbocycles. The van der Waals surface area contributed by atoms with Crippen LogP contribution in [-0.2, 0) is 11.3 Å². The number of hydrogen-bond acceptors (Lipinski definition) is 6. The summed E-state index contributed by atoms with van der Waals surface area (Å²) in [4.78, 5) is 14.2. The van der Waals surface area contributed by atoms with Crippen molar-refractivity contribution in [3.63, 3.8) is 0 Å². The molecule has 2 atom stereocenters. The lowest BCUT2D eigenvalue weighted by molar-refractivity contribution is 0.122. The largest absolute Gasteiger partial charge is 0.378 e. The normalized spacial score (nSPS) is 21.3. The molecule has 2 unspecified atom stereocenters. The Kier molecular flexibility index (Phi) is 7.65. The second kappa shape index (κ2) is 10.6. The number of rotatable bonds is 5. The highest BCUT2D eigenvalue weighted by Crippen LogP contribution is 2.28. The first kappa shape index (κ1) is 23.0. The van der Waals surface area contributed by atoms with E-state index in [0.29, 0.717) is 47.7 Å². The number of ether oxygens (including phenoxy) is 1. The molecule has 2 N–H and O–H groups in total. The van der Waals surface area contributed by atoms with Gasteiger partial charge in [0.05, 0.1) is 13.2 Å². The van der Waals surface area contributed by atoms with Gasteiger partial charge in [-0.1, -0.05) is 43.6 Å². The minimum absolute atomic E-state index is 0.468. The van der Waals surface area contributed by atoms with Crippen molar-refractivity contribution < 1.29 is 4.74 Å². The van der Waals surface area contributed by atoms with Gasteiger partial charge in [0.2, 0.25) is 5.95 Å². The second-order valence-corrected chi connectivity index (χ2v) is 9.57. The Hall–Kier alpha value is -2.16. The third-order valence-electron chi connectivity index (χ3n) is 5.85. The maximum absolute atomic E-state index is 6.26. The number of hydrogen-bond donors (Lipinski definition) is 2. The van der Waals surface area contributed by atoms with Gasteiger partial charge in [0.15, 0.2) is 5.11 Å². The lowest BCUT2D eigenvalue weighted by atomic mass is 9.92. The molecule has 2 aliphatic heterocycles. The fraction of sp³-hybridized carbons (Fsp3) is 0.522. The molecule has 3 heterocycles. The van der Waals surface area contributed by atoms with Crippen LogP contribution in [-0.4, -0.2) is 54.5 Å². The van der Waals surface area contributed by atoms with E-state index in [0.717, 1.165) is 43.4 Å². The molecule has 0 aliphatic carbocycles. The first-order valence-corrected chi connectivity index (χ1v) is 12.0. The predicted octanol–water partition coefficient (Wildman–Crippen LogP) is 3.94. The van der Waals surface area contributed by atoms with Crippen LogP contribution in [0.5, 0.6) is 0 Å². The van der Waals surface area contributed by atoms with E-state index in [1.54, 1.807) is 0 Å². The van der Waals surface area contributed by atoms with Crippen LogP contribution >= 0.6 is 23.8 Å². The Morgan fingerprint density at radius 3 is 2.44 bits per heavy atom. The van der Waals surface area contributed by atoms with Crippen LogP contribution in [0.1, 0.15) is 25.8 Å². The van der Waals surface area contributed by atoms with E-state index < -0.39 is 0 Å². The first-order valence-electron chi connectivity index (χ1n) is 11.2. The van der Waals surface area contributed by atoms with Crippen LogP contribution in [0.2, 0.25) is 5.02 Å². The zero-order valence-electron chi connectivity index (χ0n) is 18.7. The lowest BCUT2D eigenvalue weighted by Gasteiger charge is -2.36. The van der Waals surface area contributed by atoms with Crippen molar-refractivity contribution in [2.75, 3.05) is 54.5 Å². The van der Waals surface area contributed by atoms with Gasteiger partial charge >= 0.3 is 0 Å². The molecule has 2 aromatic rings. The smallest absolute Gasteiger partial charge is 0.232 e. The molecule has 0 saturated carbocycles. The van der Waals surface area contributed by atoms with Crippen LogP contribution in [0.4, 0.5) is 17.6 Å². The number of anilines is 3. The summed E-state index contributed by atoms with van der Waals surface area (Å²) in [6.07, 6.45) is 1.25. The van der Waals surface area contributed by atoms with Gasteiger partial charge in [-0.05, 0) is 42.1 Å². The van der Waals surface area contributed by atoms with Gasteiger partial charge in [-0.25, -0.2) is 0 Å². The van der Waals surface area contributed by atoms with E-state index in [4.69, 9.17) is 38.5 Å². The van der Waals surface area contributed by atoms with E-state index in [-0.39, 0.29) is 0 Å². The minimum atomic E-state index is 0.468. The Bertz CT molecular complexity index is 928. The summed E-state index contributed by atoms with van der Waals surface area (Å²) in [6.45, 7) is 10.2. The zero-order chi connectivity index (χ0) is 22.5. The van der Waals surface area contributed by atoms with Crippen molar-refractivity contribution in [2.24, 2.45) is 11.8 Å². The third-order valence-corrected chi connectivity index (χ3v) is 6.46. The molecular weight excluding hydrogens is 444 g/mol. The maximum Gasteiger partial charge on any atom is 0.232 e. The zero-order valence-corrected chi connectivity index (χ0v) is 20.3. The SMILES string of the molecule is CC1CC(C)CN(c2cc(N3CCOCC3)nc(NC(=S)NCc3ccccc3Cl)n2)C1. The van der Waals surface area contributed by atoms with Crippen molar-refractivity contribution in [2.45, 2.75) is 26.8 Å². The number of halogens is 1. The average molecular weight is 475 g/mol. The second-order valence-electron chi connectivity index (χ2n) is 8.76. The monoisotopic (exact) mass is 474 g/mol. The van der Waals surface area contributed by atoms with Crippen molar-refractivity contribution >= 4 is 46.5 Å². The average Bonchev–Trinajstić information content (AvgIpc) is 2.78. The van der Waals surface area contributed by atoms with Crippen LogP contribution in [0.25, 0.3) is 0 Å². The Labute approximate surface area is 200 Å². The molecule has 7 nitrogen and oxygen atoms in total. The summed E-state index contributed by atoms with van der Waals surface area (Å²) < 4.78 is 5.52. The van der Waals surface area contributed by atoms with Gasteiger partial charge in [0.25, 0.3) is 0 Å². The van der Waals surface area contributed by atoms with Gasteiger partial charge in [0, 0.05) is 43.8 Å². The number of morpholine rings is 1. The van der Waals surface area contributed by atoms with Gasteiger partial charge < -0.3 is 25.2 Å². The number of thiocarbonyl (C=S) groups is 1. The van der Waals surface area contributed by atoms with Crippen molar-refractivity contribution in [1.82, 2.24) is 15.3 Å². The molecule has 0 radical (unpaired) electrons. The summed E-state index contributed by atoms with van der Waals surface area (Å²) in [5.74, 6) is 3.62. The van der Waals surface area contributed by atoms with E-state index in [1.807, 2.05) is 24.3 Å². The summed E-state index contributed by atoms with van der Waals surface area (Å²) in [6, 6.07) is 9.82.